The van der Waals surface area contributed by atoms with Crippen LogP contribution in [0.3, 0.4) is 0 Å². The zero-order valence-corrected chi connectivity index (χ0v) is 18.1. The van der Waals surface area contributed by atoms with E-state index in [4.69, 9.17) is 4.74 Å². The van der Waals surface area contributed by atoms with Gasteiger partial charge in [-0.1, -0.05) is 0 Å². The number of nitrogens with one attached hydrogen (secondary N) is 3. The molecule has 172 valence electrons. The number of hydrogen-bond acceptors (Lipinski definition) is 4. The highest BCUT2D eigenvalue weighted by atomic mass is 19.1. The van der Waals surface area contributed by atoms with Crippen molar-refractivity contribution in [1.82, 2.24) is 15.6 Å². The minimum absolute atomic E-state index is 0.0864. The predicted molar refractivity (Wildman–Crippen MR) is 116 cm³/mol. The van der Waals surface area contributed by atoms with Gasteiger partial charge in [0.2, 0.25) is 0 Å². The third-order valence-corrected chi connectivity index (χ3v) is 4.66. The molecule has 1 unspecified atom stereocenters. The number of ether oxygens (including phenoxy) is 1. The van der Waals surface area contributed by atoms with Gasteiger partial charge in [0.15, 0.2) is 0 Å². The van der Waals surface area contributed by atoms with Gasteiger partial charge in [0.1, 0.15) is 29.3 Å². The van der Waals surface area contributed by atoms with Crippen LogP contribution < -0.4 is 10.6 Å². The summed E-state index contributed by atoms with van der Waals surface area (Å²) in [5.41, 5.74) is 1.26. The van der Waals surface area contributed by atoms with Crippen molar-refractivity contribution < 1.29 is 27.8 Å². The molecule has 6 nitrogen and oxygen atoms in total. The number of halogens is 3. The van der Waals surface area contributed by atoms with Crippen LogP contribution >= 0.6 is 0 Å². The molecule has 0 saturated carbocycles. The maximum Gasteiger partial charge on any atom is 0.407 e. The summed E-state index contributed by atoms with van der Waals surface area (Å²) in [5.74, 6) is -1.86. The van der Waals surface area contributed by atoms with Crippen LogP contribution in [0.2, 0.25) is 0 Å². The van der Waals surface area contributed by atoms with Crippen LogP contribution in [0.5, 0.6) is 0 Å². The Balaban J connectivity index is 1.73. The van der Waals surface area contributed by atoms with E-state index in [0.717, 1.165) is 6.07 Å². The van der Waals surface area contributed by atoms with E-state index in [1.54, 1.807) is 32.9 Å². The van der Waals surface area contributed by atoms with Crippen molar-refractivity contribution in [3.63, 3.8) is 0 Å². The summed E-state index contributed by atoms with van der Waals surface area (Å²) >= 11 is 0. The maximum absolute atomic E-state index is 14.3. The lowest BCUT2D eigenvalue weighted by Gasteiger charge is -2.20. The second-order valence-corrected chi connectivity index (χ2v) is 8.40. The fourth-order valence-electron chi connectivity index (χ4n) is 3.33. The van der Waals surface area contributed by atoms with Crippen molar-refractivity contribution in [3.8, 4) is 11.3 Å². The Morgan fingerprint density at radius 3 is 2.47 bits per heavy atom. The molecule has 2 aromatic carbocycles. The molecule has 3 aromatic rings. The lowest BCUT2D eigenvalue weighted by molar-refractivity contribution is 0.0475. The van der Waals surface area contributed by atoms with Gasteiger partial charge in [-0.2, -0.15) is 0 Å². The summed E-state index contributed by atoms with van der Waals surface area (Å²) in [6.45, 7) is 5.35. The largest absolute Gasteiger partial charge is 0.444 e. The first kappa shape index (κ1) is 23.6. The number of benzene rings is 2. The first-order valence-corrected chi connectivity index (χ1v) is 10.2. The Bertz CT molecular complexity index is 1090. The van der Waals surface area contributed by atoms with E-state index in [9.17, 15) is 23.1 Å². The number of carbonyl (C=O) groups is 1. The number of aromatic amines is 1. The molecule has 32 heavy (non-hydrogen) atoms. The van der Waals surface area contributed by atoms with Gasteiger partial charge in [-0.15, -0.1) is 0 Å². The lowest BCUT2D eigenvalue weighted by atomic mass is 10.0. The van der Waals surface area contributed by atoms with Crippen molar-refractivity contribution in [1.29, 1.82) is 0 Å². The molecule has 0 aliphatic carbocycles. The van der Waals surface area contributed by atoms with Gasteiger partial charge in [0, 0.05) is 23.7 Å². The first-order valence-electron chi connectivity index (χ1n) is 10.2. The predicted octanol–water partition coefficient (Wildman–Crippen LogP) is 4.23. The SMILES string of the molecule is CC(C)(C)OC(=O)NCC(O)NCCc1c(-c2ccc(F)cc2)[nH]c2c(F)cc(F)cc12. The molecule has 0 saturated heterocycles. The van der Waals surface area contributed by atoms with E-state index in [0.29, 0.717) is 28.6 Å². The van der Waals surface area contributed by atoms with E-state index in [2.05, 4.69) is 15.6 Å². The molecule has 0 aliphatic rings. The number of aliphatic hydroxyl groups excluding tert-OH is 1. The molecule has 9 heteroatoms. The van der Waals surface area contributed by atoms with Crippen LogP contribution in [0, 0.1) is 17.5 Å². The average molecular weight is 449 g/mol. The van der Waals surface area contributed by atoms with E-state index in [1.165, 1.54) is 18.2 Å². The smallest absolute Gasteiger partial charge is 0.407 e. The standard InChI is InChI=1S/C23H26F3N3O3/c1-23(2,3)32-22(31)28-12-19(30)27-9-8-16-17-10-15(25)11-18(26)21(17)29-20(16)13-4-6-14(24)7-5-13/h4-7,10-11,19,27,29-30H,8-9,12H2,1-3H3,(H,28,31). The van der Waals surface area contributed by atoms with Crippen LogP contribution in [-0.2, 0) is 11.2 Å². The monoisotopic (exact) mass is 449 g/mol. The van der Waals surface area contributed by atoms with E-state index >= 15 is 0 Å². The third kappa shape index (κ3) is 6.02. The van der Waals surface area contributed by atoms with Crippen LogP contribution in [0.4, 0.5) is 18.0 Å². The number of amides is 1. The van der Waals surface area contributed by atoms with Gasteiger partial charge in [-0.25, -0.2) is 18.0 Å². The molecule has 1 aromatic heterocycles. The Morgan fingerprint density at radius 1 is 1.12 bits per heavy atom. The zero-order chi connectivity index (χ0) is 23.5. The van der Waals surface area contributed by atoms with Gasteiger partial charge in [0.25, 0.3) is 0 Å². The number of carbonyl (C=O) groups excluding carboxylic acids is 1. The number of rotatable bonds is 7. The van der Waals surface area contributed by atoms with Crippen LogP contribution in [0.25, 0.3) is 22.2 Å². The summed E-state index contributed by atoms with van der Waals surface area (Å²) in [5, 5.41) is 15.8. The topological polar surface area (TPSA) is 86.4 Å². The molecule has 0 aliphatic heterocycles. The molecule has 0 bridgehead atoms. The van der Waals surface area contributed by atoms with E-state index in [1.807, 2.05) is 0 Å². The molecule has 1 heterocycles. The molecule has 1 amide bonds. The van der Waals surface area contributed by atoms with Gasteiger partial charge in [-0.05, 0) is 68.7 Å². The fraction of sp³-hybridized carbons (Fsp3) is 0.348. The molecular formula is C23H26F3N3O3. The first-order chi connectivity index (χ1) is 15.0. The second-order valence-electron chi connectivity index (χ2n) is 8.40. The molecule has 0 fully saturated rings. The Labute approximate surface area is 183 Å². The zero-order valence-electron chi connectivity index (χ0n) is 18.1. The number of hydrogen-bond donors (Lipinski definition) is 4. The maximum atomic E-state index is 14.3. The van der Waals surface area contributed by atoms with E-state index in [-0.39, 0.29) is 18.6 Å². The number of H-pyrrole nitrogens is 1. The minimum atomic E-state index is -1.06. The second kappa shape index (κ2) is 9.62. The molecule has 0 radical (unpaired) electrons. The van der Waals surface area contributed by atoms with Crippen molar-refractivity contribution in [2.75, 3.05) is 13.1 Å². The average Bonchev–Trinajstić information content (AvgIpc) is 3.04. The van der Waals surface area contributed by atoms with Crippen LogP contribution in [0.15, 0.2) is 36.4 Å². The molecule has 4 N–H and O–H groups in total. The van der Waals surface area contributed by atoms with Gasteiger partial charge < -0.3 is 20.1 Å². The van der Waals surface area contributed by atoms with Gasteiger partial charge in [0.05, 0.1) is 12.1 Å². The summed E-state index contributed by atoms with van der Waals surface area (Å²) in [4.78, 5) is 14.7. The third-order valence-electron chi connectivity index (χ3n) is 4.66. The van der Waals surface area contributed by atoms with Crippen molar-refractivity contribution in [2.45, 2.75) is 39.0 Å². The number of fused-ring (bicyclic) bond motifs is 1. The van der Waals surface area contributed by atoms with Crippen molar-refractivity contribution >= 4 is 17.0 Å². The minimum Gasteiger partial charge on any atom is -0.444 e. The molecule has 0 spiro atoms. The van der Waals surface area contributed by atoms with Gasteiger partial charge in [-0.3, -0.25) is 5.32 Å². The van der Waals surface area contributed by atoms with Crippen LogP contribution in [0.1, 0.15) is 26.3 Å². The highest BCUT2D eigenvalue weighted by Crippen LogP contribution is 2.32. The summed E-state index contributed by atoms with van der Waals surface area (Å²) < 4.78 is 46.6. The quantitative estimate of drug-likeness (QED) is 0.407. The molecular weight excluding hydrogens is 423 g/mol. The molecule has 1 atom stereocenters. The summed E-state index contributed by atoms with van der Waals surface area (Å²) in [6, 6.07) is 7.69. The normalized spacial score (nSPS) is 12.7. The fourth-order valence-corrected chi connectivity index (χ4v) is 3.33. The number of alkyl carbamates (subject to hydrolysis) is 1. The summed E-state index contributed by atoms with van der Waals surface area (Å²) in [6.07, 6.45) is -1.41. The molecule has 3 rings (SSSR count). The Hall–Kier alpha value is -3.04. The highest BCUT2D eigenvalue weighted by Gasteiger charge is 2.19. The van der Waals surface area contributed by atoms with Gasteiger partial charge >= 0.3 is 6.09 Å². The Kier molecular flexibility index (Phi) is 7.10. The number of aliphatic hydroxyl groups is 1. The van der Waals surface area contributed by atoms with Crippen molar-refractivity contribution in [3.05, 3.63) is 59.4 Å². The Morgan fingerprint density at radius 2 is 1.81 bits per heavy atom. The van der Waals surface area contributed by atoms with Crippen LogP contribution in [-0.4, -0.2) is 41.1 Å². The summed E-state index contributed by atoms with van der Waals surface area (Å²) in [7, 11) is 0. The number of aromatic nitrogens is 1. The highest BCUT2D eigenvalue weighted by molar-refractivity contribution is 5.91. The van der Waals surface area contributed by atoms with Crippen molar-refractivity contribution in [2.24, 2.45) is 0 Å². The lowest BCUT2D eigenvalue weighted by Crippen LogP contribution is -2.43. The van der Waals surface area contributed by atoms with E-state index < -0.39 is 35.4 Å².